The first-order valence-corrected chi connectivity index (χ1v) is 33.7. The topological polar surface area (TPSA) is 180 Å². The number of likely N-dealkylation sites (N-methyl/N-ethyl adjacent to an activating group) is 1. The molecule has 0 unspecified atom stereocenters. The van der Waals surface area contributed by atoms with E-state index in [1.165, 1.54) is 34.2 Å². The van der Waals surface area contributed by atoms with Gasteiger partial charge in [-0.2, -0.15) is 0 Å². The highest BCUT2D eigenvalue weighted by Crippen LogP contribution is 2.58. The third kappa shape index (κ3) is 16.0. The van der Waals surface area contributed by atoms with Gasteiger partial charge in [0.2, 0.25) is 0 Å². The van der Waals surface area contributed by atoms with Crippen molar-refractivity contribution < 1.29 is 58.7 Å². The quantitative estimate of drug-likeness (QED) is 0.0303. The van der Waals surface area contributed by atoms with Crippen LogP contribution in [0.15, 0.2) is 115 Å². The van der Waals surface area contributed by atoms with Gasteiger partial charge in [0.25, 0.3) is 0 Å². The number of rotatable bonds is 21. The van der Waals surface area contributed by atoms with Gasteiger partial charge in [0.05, 0.1) is 65.8 Å². The van der Waals surface area contributed by atoms with E-state index in [-0.39, 0.29) is 30.9 Å². The normalized spacial score (nSPS) is 35.0. The number of cyclic esters (lactones) is 1. The second-order valence-corrected chi connectivity index (χ2v) is 29.9. The van der Waals surface area contributed by atoms with E-state index in [2.05, 4.69) is 127 Å². The number of benzene rings is 4. The molecule has 4 aromatic rings. The first-order valence-electron chi connectivity index (χ1n) is 31.8. The third-order valence-corrected chi connectivity index (χ3v) is 24.1. The fourth-order valence-electron chi connectivity index (χ4n) is 14.4. The zero-order chi connectivity index (χ0) is 61.9. The van der Waals surface area contributed by atoms with Crippen LogP contribution < -0.4 is 15.9 Å². The van der Waals surface area contributed by atoms with Gasteiger partial charge in [-0.3, -0.25) is 9.69 Å². The van der Waals surface area contributed by atoms with Crippen LogP contribution in [0.25, 0.3) is 11.1 Å². The number of nitrogens with zero attached hydrogens (tertiary/aromatic N) is 2. The average molecular weight is 1200 g/mol. The van der Waals surface area contributed by atoms with Crippen molar-refractivity contribution in [1.82, 2.24) is 9.80 Å². The van der Waals surface area contributed by atoms with Gasteiger partial charge in [0.15, 0.2) is 12.6 Å². The summed E-state index contributed by atoms with van der Waals surface area (Å²) in [6.45, 7) is 19.3. The largest absolute Gasteiger partial charge is 0.461 e. The summed E-state index contributed by atoms with van der Waals surface area (Å²) in [5.41, 5.74) is -1.41. The van der Waals surface area contributed by atoms with Crippen LogP contribution in [0.5, 0.6) is 0 Å². The smallest absolute Gasteiger partial charge is 0.311 e. The third-order valence-electron chi connectivity index (χ3n) is 19.5. The van der Waals surface area contributed by atoms with Crippen molar-refractivity contribution in [2.24, 2.45) is 23.2 Å². The number of carbonyl (C=O) groups is 1. The molecule has 3 fully saturated rings. The summed E-state index contributed by atoms with van der Waals surface area (Å²) < 4.78 is 38.9. The van der Waals surface area contributed by atoms with Crippen LogP contribution in [0.2, 0.25) is 0 Å². The van der Waals surface area contributed by atoms with E-state index < -0.39 is 110 Å². The molecule has 18 atom stereocenters. The van der Waals surface area contributed by atoms with Gasteiger partial charge in [0.1, 0.15) is 41.5 Å². The molecule has 4 aromatic carbocycles. The lowest BCUT2D eigenvalue weighted by Gasteiger charge is -2.48. The Labute approximate surface area is 510 Å². The van der Waals surface area contributed by atoms with E-state index in [0.29, 0.717) is 25.9 Å². The van der Waals surface area contributed by atoms with Crippen LogP contribution in [-0.2, 0) is 33.2 Å². The summed E-state index contributed by atoms with van der Waals surface area (Å²) in [6, 6.07) is 41.3. The van der Waals surface area contributed by atoms with Crippen molar-refractivity contribution in [1.29, 1.82) is 0 Å². The Bertz CT molecular complexity index is 2600. The highest BCUT2D eigenvalue weighted by Gasteiger charge is 2.54. The number of ether oxygens (including phenoxy) is 6. The number of hydrogen-bond donors (Lipinski definition) is 5. The first-order chi connectivity index (χ1) is 40.5. The van der Waals surface area contributed by atoms with Gasteiger partial charge in [-0.05, 0) is 143 Å². The van der Waals surface area contributed by atoms with Crippen molar-refractivity contribution in [3.8, 4) is 11.1 Å². The maximum absolute atomic E-state index is 14.9. The van der Waals surface area contributed by atoms with Crippen molar-refractivity contribution in [3.05, 3.63) is 115 Å². The molecule has 472 valence electrons. The highest BCUT2D eigenvalue weighted by molar-refractivity contribution is 7.95. The van der Waals surface area contributed by atoms with Gasteiger partial charge in [0, 0.05) is 43.6 Å². The molecular weight excluding hydrogens is 1090 g/mol. The molecule has 3 heterocycles. The summed E-state index contributed by atoms with van der Waals surface area (Å²) >= 11 is 0. The Morgan fingerprint density at radius 2 is 1.31 bits per heavy atom. The lowest BCUT2D eigenvalue weighted by atomic mass is 9.75. The zero-order valence-electron chi connectivity index (χ0n) is 53.5. The van der Waals surface area contributed by atoms with Crippen LogP contribution in [0.1, 0.15) is 133 Å². The number of unbranched alkanes of at least 4 members (excludes halogenated alkanes) is 5. The van der Waals surface area contributed by atoms with E-state index in [0.717, 1.165) is 44.7 Å². The standard InChI is InChI=1S/C70H106N2O12P/c1-14-59-68(8,46-73)63(75)51(6)72(40-30-17-15-16-18-31-41-85(54-34-24-20-25-35-54,55-36-26-21-27-37-55)58-39-29-28-38-56(58)53-32-22-19-23-33-53)45-47(2)43-69(9,78)65(84-67-61(74)57(71(11)12)42-48(3)80-67)49(4)62(50(5)66(77)82-59)83-60-44-70(10,79-13)64(76)52(7)81-60/h19-29,32-39,47-52,57,59-65,67,73-76,78H,14-18,30-31,40-46H2,1-13H3/q+1/t47-,48-,49+,50-,51-,52+,57+,59-,60+,61-,62+,63-,64+,65-,67+,68-,69-,70-/m1/s1. The molecular formula is C70H106N2O12P+. The molecule has 0 aliphatic carbocycles. The van der Waals surface area contributed by atoms with Crippen molar-refractivity contribution in [2.75, 3.05) is 47.1 Å². The molecule has 0 spiro atoms. The van der Waals surface area contributed by atoms with E-state index >= 15 is 0 Å². The van der Waals surface area contributed by atoms with Gasteiger partial charge >= 0.3 is 5.97 Å². The minimum absolute atomic E-state index is 0.127. The fourth-order valence-corrected chi connectivity index (χ4v) is 19.1. The summed E-state index contributed by atoms with van der Waals surface area (Å²) in [4.78, 5) is 19.2. The molecule has 3 aliphatic heterocycles. The number of esters is 1. The predicted octanol–water partition coefficient (Wildman–Crippen LogP) is 9.52. The lowest BCUT2D eigenvalue weighted by molar-refractivity contribution is -0.318. The Kier molecular flexibility index (Phi) is 24.8. The van der Waals surface area contributed by atoms with Crippen LogP contribution in [0.4, 0.5) is 0 Å². The predicted molar refractivity (Wildman–Crippen MR) is 341 cm³/mol. The molecule has 85 heavy (non-hydrogen) atoms. The van der Waals surface area contributed by atoms with Crippen LogP contribution in [0.3, 0.4) is 0 Å². The molecule has 0 amide bonds. The molecule has 0 saturated carbocycles. The van der Waals surface area contributed by atoms with Crippen LogP contribution in [-0.4, -0.2) is 173 Å². The molecule has 15 heteroatoms. The summed E-state index contributed by atoms with van der Waals surface area (Å²) in [7, 11) is 3.24. The summed E-state index contributed by atoms with van der Waals surface area (Å²) in [5, 5.41) is 64.5. The van der Waals surface area contributed by atoms with Crippen LogP contribution in [0, 0.1) is 23.2 Å². The summed E-state index contributed by atoms with van der Waals surface area (Å²) in [5.74, 6) is -2.58. The number of aliphatic hydroxyl groups is 5. The van der Waals surface area contributed by atoms with Gasteiger partial charge in [-0.25, -0.2) is 0 Å². The van der Waals surface area contributed by atoms with Gasteiger partial charge in [-0.1, -0.05) is 132 Å². The Balaban J connectivity index is 1.14. The monoisotopic (exact) mass is 1200 g/mol. The zero-order valence-corrected chi connectivity index (χ0v) is 54.4. The maximum atomic E-state index is 14.9. The SMILES string of the molecule is CC[C@H]1OC(=O)[C@H](C)[C@@H](O[C@H]2C[C@@](C)(OC)[C@@H](O)[C@H](C)O2)[C@H](C)[C@@H](O[C@@H]2O[C@H](C)C[C@H](N(C)C)[C@H]2O)[C@](C)(O)C[C@@H](C)CN(CCCCCCCC[P+](c2ccccc2)(c2ccccc2)c2ccccc2-c2ccccc2)[C@H](C)[C@@H](O)[C@]1(C)CO. The average Bonchev–Trinajstić information content (AvgIpc) is 3.72. The Hall–Kier alpha value is -3.70. The minimum atomic E-state index is -2.11. The van der Waals surface area contributed by atoms with E-state index in [9.17, 15) is 30.3 Å². The molecule has 5 N–H and O–H groups in total. The van der Waals surface area contributed by atoms with E-state index in [4.69, 9.17) is 28.4 Å². The Morgan fingerprint density at radius 1 is 0.729 bits per heavy atom. The molecule has 0 radical (unpaired) electrons. The molecule has 0 bridgehead atoms. The van der Waals surface area contributed by atoms with E-state index in [1.807, 2.05) is 46.7 Å². The van der Waals surface area contributed by atoms with E-state index in [1.54, 1.807) is 34.6 Å². The molecule has 7 rings (SSSR count). The van der Waals surface area contributed by atoms with Crippen molar-refractivity contribution >= 4 is 29.1 Å². The highest BCUT2D eigenvalue weighted by atomic mass is 31.2. The fraction of sp³-hybridized carbons (Fsp3) is 0.643. The number of methoxy groups -OCH3 is 1. The Morgan fingerprint density at radius 3 is 1.89 bits per heavy atom. The minimum Gasteiger partial charge on any atom is -0.461 e. The molecule has 0 aromatic heterocycles. The van der Waals surface area contributed by atoms with Gasteiger partial charge in [-0.15, -0.1) is 0 Å². The van der Waals surface area contributed by atoms with Crippen LogP contribution >= 0.6 is 7.26 Å². The van der Waals surface area contributed by atoms with Gasteiger partial charge < -0.3 is 58.9 Å². The summed E-state index contributed by atoms with van der Waals surface area (Å²) in [6.07, 6.45) is -0.863. The molecule has 3 aliphatic rings. The molecule has 14 nitrogen and oxygen atoms in total. The maximum Gasteiger partial charge on any atom is 0.311 e. The van der Waals surface area contributed by atoms with Crippen molar-refractivity contribution in [2.45, 2.75) is 218 Å². The first kappa shape index (κ1) is 68.8. The van der Waals surface area contributed by atoms with Crippen molar-refractivity contribution in [3.63, 3.8) is 0 Å². The lowest BCUT2D eigenvalue weighted by Crippen LogP contribution is -2.60. The molecule has 3 saturated heterocycles. The number of carbonyl (C=O) groups excluding carboxylic acids is 1. The number of aliphatic hydroxyl groups excluding tert-OH is 4. The second-order valence-electron chi connectivity index (χ2n) is 26.4. The number of hydrogen-bond acceptors (Lipinski definition) is 14. The second kappa shape index (κ2) is 30.7.